The minimum absolute atomic E-state index is 0.00118. The number of carbonyl (C=O) groups excluding carboxylic acids is 1. The Balaban J connectivity index is 1.72. The molecule has 1 fully saturated rings. The first-order valence-electron chi connectivity index (χ1n) is 6.20. The van der Waals surface area contributed by atoms with Crippen molar-refractivity contribution in [3.05, 3.63) is 34.9 Å². The number of ether oxygens (including phenoxy) is 2. The number of rotatable bonds is 5. The summed E-state index contributed by atoms with van der Waals surface area (Å²) in [6.07, 6.45) is 2.05. The van der Waals surface area contributed by atoms with E-state index in [9.17, 15) is 4.79 Å². The average molecular weight is 269 g/mol. The SMILES string of the molecule is O=C(COCC1CCOCC1)c1ccc(Cl)cc1. The normalized spacial score (nSPS) is 16.7. The van der Waals surface area contributed by atoms with Crippen molar-refractivity contribution in [2.45, 2.75) is 12.8 Å². The number of benzene rings is 1. The number of Topliss-reactive ketones (excluding diaryl/α,β-unsaturated/α-hetero) is 1. The average Bonchev–Trinajstić information content (AvgIpc) is 2.40. The number of hydrogen-bond acceptors (Lipinski definition) is 3. The van der Waals surface area contributed by atoms with Crippen LogP contribution in [0.1, 0.15) is 23.2 Å². The maximum Gasteiger partial charge on any atom is 0.188 e. The van der Waals surface area contributed by atoms with Gasteiger partial charge in [0.1, 0.15) is 6.61 Å². The van der Waals surface area contributed by atoms with Crippen LogP contribution in [0.2, 0.25) is 5.02 Å². The predicted molar refractivity (Wildman–Crippen MR) is 70.1 cm³/mol. The van der Waals surface area contributed by atoms with Crippen LogP contribution in [0.15, 0.2) is 24.3 Å². The summed E-state index contributed by atoms with van der Waals surface area (Å²) in [6.45, 7) is 2.39. The molecule has 0 saturated carbocycles. The van der Waals surface area contributed by atoms with Crippen LogP contribution in [0.4, 0.5) is 0 Å². The molecule has 0 unspecified atom stereocenters. The highest BCUT2D eigenvalue weighted by molar-refractivity contribution is 6.30. The second-order valence-corrected chi connectivity index (χ2v) is 4.94. The Morgan fingerprint density at radius 2 is 1.94 bits per heavy atom. The van der Waals surface area contributed by atoms with Crippen LogP contribution in [0, 0.1) is 5.92 Å². The number of carbonyl (C=O) groups is 1. The lowest BCUT2D eigenvalue weighted by Crippen LogP contribution is -2.21. The molecule has 3 nitrogen and oxygen atoms in total. The molecule has 0 spiro atoms. The maximum atomic E-state index is 11.8. The van der Waals surface area contributed by atoms with Crippen molar-refractivity contribution in [2.75, 3.05) is 26.4 Å². The van der Waals surface area contributed by atoms with Crippen molar-refractivity contribution in [3.63, 3.8) is 0 Å². The minimum Gasteiger partial charge on any atom is -0.381 e. The van der Waals surface area contributed by atoms with Crippen molar-refractivity contribution in [1.29, 1.82) is 0 Å². The van der Waals surface area contributed by atoms with Crippen LogP contribution in [-0.2, 0) is 9.47 Å². The lowest BCUT2D eigenvalue weighted by atomic mass is 10.0. The van der Waals surface area contributed by atoms with Crippen molar-refractivity contribution >= 4 is 17.4 Å². The second-order valence-electron chi connectivity index (χ2n) is 4.50. The van der Waals surface area contributed by atoms with Crippen LogP contribution in [0.25, 0.3) is 0 Å². The molecule has 1 saturated heterocycles. The summed E-state index contributed by atoms with van der Waals surface area (Å²) in [4.78, 5) is 11.8. The zero-order chi connectivity index (χ0) is 12.8. The van der Waals surface area contributed by atoms with E-state index in [2.05, 4.69) is 0 Å². The standard InChI is InChI=1S/C14H17ClO3/c15-13-3-1-12(2-4-13)14(16)10-18-9-11-5-7-17-8-6-11/h1-4,11H,5-10H2. The maximum absolute atomic E-state index is 11.8. The van der Waals surface area contributed by atoms with Gasteiger partial charge >= 0.3 is 0 Å². The molecule has 18 heavy (non-hydrogen) atoms. The van der Waals surface area contributed by atoms with E-state index in [4.69, 9.17) is 21.1 Å². The summed E-state index contributed by atoms with van der Waals surface area (Å²) < 4.78 is 10.8. The molecule has 0 aromatic heterocycles. The molecule has 1 aromatic rings. The molecule has 0 atom stereocenters. The topological polar surface area (TPSA) is 35.5 Å². The Bertz CT molecular complexity index is 383. The van der Waals surface area contributed by atoms with E-state index in [1.165, 1.54) is 0 Å². The van der Waals surface area contributed by atoms with Crippen LogP contribution in [-0.4, -0.2) is 32.2 Å². The van der Waals surface area contributed by atoms with Crippen LogP contribution in [0.5, 0.6) is 0 Å². The predicted octanol–water partition coefficient (Wildman–Crippen LogP) is 2.97. The van der Waals surface area contributed by atoms with Gasteiger partial charge in [-0.25, -0.2) is 0 Å². The van der Waals surface area contributed by atoms with E-state index in [0.29, 0.717) is 23.1 Å². The monoisotopic (exact) mass is 268 g/mol. The second kappa shape index (κ2) is 6.88. The third-order valence-corrected chi connectivity index (χ3v) is 3.35. The summed E-state index contributed by atoms with van der Waals surface area (Å²) in [7, 11) is 0. The highest BCUT2D eigenvalue weighted by atomic mass is 35.5. The smallest absolute Gasteiger partial charge is 0.188 e. The fourth-order valence-corrected chi connectivity index (χ4v) is 2.08. The van der Waals surface area contributed by atoms with E-state index in [1.807, 2.05) is 0 Å². The quantitative estimate of drug-likeness (QED) is 0.770. The van der Waals surface area contributed by atoms with E-state index in [0.717, 1.165) is 26.1 Å². The number of halogens is 1. The first-order chi connectivity index (χ1) is 8.75. The van der Waals surface area contributed by atoms with Gasteiger partial charge in [-0.1, -0.05) is 11.6 Å². The fraction of sp³-hybridized carbons (Fsp3) is 0.500. The molecule has 1 aromatic carbocycles. The zero-order valence-electron chi connectivity index (χ0n) is 10.2. The van der Waals surface area contributed by atoms with Crippen molar-refractivity contribution < 1.29 is 14.3 Å². The van der Waals surface area contributed by atoms with Crippen molar-refractivity contribution in [1.82, 2.24) is 0 Å². The van der Waals surface area contributed by atoms with Gasteiger partial charge in [-0.2, -0.15) is 0 Å². The lowest BCUT2D eigenvalue weighted by molar-refractivity contribution is 0.0216. The van der Waals surface area contributed by atoms with Gasteiger partial charge in [-0.05, 0) is 43.0 Å². The number of ketones is 1. The zero-order valence-corrected chi connectivity index (χ0v) is 11.0. The Labute approximate surface area is 112 Å². The Hall–Kier alpha value is -0.900. The summed E-state index contributed by atoms with van der Waals surface area (Å²) >= 11 is 5.77. The fourth-order valence-electron chi connectivity index (χ4n) is 1.95. The van der Waals surface area contributed by atoms with Gasteiger partial charge < -0.3 is 9.47 Å². The molecule has 0 bridgehead atoms. The molecule has 1 aliphatic heterocycles. The van der Waals surface area contributed by atoms with E-state index in [-0.39, 0.29) is 12.4 Å². The highest BCUT2D eigenvalue weighted by Gasteiger charge is 2.14. The summed E-state index contributed by atoms with van der Waals surface area (Å²) in [5, 5.41) is 0.634. The molecule has 0 N–H and O–H groups in total. The van der Waals surface area contributed by atoms with Crippen LogP contribution in [0.3, 0.4) is 0 Å². The molecule has 0 aliphatic carbocycles. The lowest BCUT2D eigenvalue weighted by Gasteiger charge is -2.21. The van der Waals surface area contributed by atoms with E-state index in [1.54, 1.807) is 24.3 Å². The van der Waals surface area contributed by atoms with Gasteiger partial charge in [0.2, 0.25) is 0 Å². The van der Waals surface area contributed by atoms with Gasteiger partial charge in [0, 0.05) is 23.8 Å². The van der Waals surface area contributed by atoms with Gasteiger partial charge in [0.25, 0.3) is 0 Å². The summed E-state index contributed by atoms with van der Waals surface area (Å²) in [5.74, 6) is 0.524. The molecular formula is C14H17ClO3. The molecule has 1 heterocycles. The van der Waals surface area contributed by atoms with E-state index < -0.39 is 0 Å². The number of hydrogen-bond donors (Lipinski definition) is 0. The largest absolute Gasteiger partial charge is 0.381 e. The molecule has 2 rings (SSSR count). The first kappa shape index (κ1) is 13.5. The van der Waals surface area contributed by atoms with Gasteiger partial charge in [-0.15, -0.1) is 0 Å². The Kier molecular flexibility index (Phi) is 5.17. The van der Waals surface area contributed by atoms with Gasteiger partial charge in [-0.3, -0.25) is 4.79 Å². The van der Waals surface area contributed by atoms with Crippen LogP contribution >= 0.6 is 11.6 Å². The minimum atomic E-state index is -0.00118. The third kappa shape index (κ3) is 4.09. The van der Waals surface area contributed by atoms with Gasteiger partial charge in [0.15, 0.2) is 5.78 Å². The van der Waals surface area contributed by atoms with Crippen molar-refractivity contribution in [3.8, 4) is 0 Å². The van der Waals surface area contributed by atoms with Crippen molar-refractivity contribution in [2.24, 2.45) is 5.92 Å². The first-order valence-corrected chi connectivity index (χ1v) is 6.58. The Morgan fingerprint density at radius 3 is 2.61 bits per heavy atom. The molecule has 98 valence electrons. The summed E-state index contributed by atoms with van der Waals surface area (Å²) in [5.41, 5.74) is 0.645. The van der Waals surface area contributed by atoms with Gasteiger partial charge in [0.05, 0.1) is 6.61 Å². The molecule has 0 amide bonds. The Morgan fingerprint density at radius 1 is 1.28 bits per heavy atom. The summed E-state index contributed by atoms with van der Waals surface area (Å²) in [6, 6.07) is 6.88. The van der Waals surface area contributed by atoms with E-state index >= 15 is 0 Å². The molecule has 1 aliphatic rings. The molecular weight excluding hydrogens is 252 g/mol. The molecule has 4 heteroatoms. The molecule has 0 radical (unpaired) electrons. The third-order valence-electron chi connectivity index (χ3n) is 3.09. The highest BCUT2D eigenvalue weighted by Crippen LogP contribution is 2.15. The van der Waals surface area contributed by atoms with Crippen LogP contribution < -0.4 is 0 Å².